The maximum absolute atomic E-state index is 12.6. The second-order valence-corrected chi connectivity index (χ2v) is 7.46. The van der Waals surface area contributed by atoms with E-state index in [1.165, 1.54) is 62.0 Å². The predicted molar refractivity (Wildman–Crippen MR) is 115 cm³/mol. The molecule has 0 aliphatic carbocycles. The van der Waals surface area contributed by atoms with Crippen molar-refractivity contribution in [2.75, 3.05) is 13.2 Å². The highest BCUT2D eigenvalue weighted by molar-refractivity contribution is 5.93. The number of hydroxylamine groups is 2. The Balaban J connectivity index is 2.29. The molecule has 0 heterocycles. The van der Waals surface area contributed by atoms with Crippen LogP contribution in [0, 0.1) is 0 Å². The molecule has 154 valence electrons. The first-order chi connectivity index (χ1) is 13.2. The molecule has 0 aromatic heterocycles. The maximum Gasteiger partial charge on any atom is 0.277 e. The van der Waals surface area contributed by atoms with E-state index in [2.05, 4.69) is 26.0 Å². The van der Waals surface area contributed by atoms with Gasteiger partial charge in [0, 0.05) is 12.1 Å². The molecule has 3 nitrogen and oxygen atoms in total. The largest absolute Gasteiger partial charge is 0.277 e. The molecule has 0 atom stereocenters. The van der Waals surface area contributed by atoms with E-state index in [0.717, 1.165) is 25.7 Å². The molecule has 1 rings (SSSR count). The van der Waals surface area contributed by atoms with Crippen molar-refractivity contribution in [3.8, 4) is 0 Å². The summed E-state index contributed by atoms with van der Waals surface area (Å²) in [4.78, 5) is 18.2. The summed E-state index contributed by atoms with van der Waals surface area (Å²) in [5.41, 5.74) is 2.04. The molecule has 0 N–H and O–H groups in total. The second-order valence-electron chi connectivity index (χ2n) is 7.46. The summed E-state index contributed by atoms with van der Waals surface area (Å²) >= 11 is 0. The summed E-state index contributed by atoms with van der Waals surface area (Å²) in [7, 11) is 0. The normalized spacial score (nSPS) is 10.9. The Kier molecular flexibility index (Phi) is 13.8. The lowest BCUT2D eigenvalue weighted by molar-refractivity contribution is -0.121. The van der Waals surface area contributed by atoms with Crippen LogP contribution in [0.1, 0.15) is 107 Å². The van der Waals surface area contributed by atoms with E-state index >= 15 is 0 Å². The molecular weight excluding hydrogens is 334 g/mol. The summed E-state index contributed by atoms with van der Waals surface area (Å²) in [6.45, 7) is 7.57. The molecule has 0 radical (unpaired) electrons. The van der Waals surface area contributed by atoms with Crippen LogP contribution < -0.4 is 0 Å². The van der Waals surface area contributed by atoms with Crippen LogP contribution in [-0.2, 0) is 11.3 Å². The van der Waals surface area contributed by atoms with Gasteiger partial charge in [-0.1, -0.05) is 83.8 Å². The van der Waals surface area contributed by atoms with Gasteiger partial charge in [0.2, 0.25) is 0 Å². The van der Waals surface area contributed by atoms with Crippen molar-refractivity contribution in [2.24, 2.45) is 0 Å². The Bertz CT molecular complexity index is 484. The summed E-state index contributed by atoms with van der Waals surface area (Å²) in [6, 6.07) is 8.08. The Hall–Kier alpha value is -1.35. The molecule has 3 heteroatoms. The lowest BCUT2D eigenvalue weighted by atomic mass is 10.0. The van der Waals surface area contributed by atoms with Crippen LogP contribution in [0.25, 0.3) is 0 Å². The average Bonchev–Trinajstić information content (AvgIpc) is 2.70. The molecule has 0 fully saturated rings. The third kappa shape index (κ3) is 10.5. The van der Waals surface area contributed by atoms with Gasteiger partial charge in [0.25, 0.3) is 5.91 Å². The first-order valence-electron chi connectivity index (χ1n) is 11.3. The molecule has 1 aromatic rings. The number of carbonyl (C=O) groups is 1. The van der Waals surface area contributed by atoms with Crippen molar-refractivity contribution in [1.29, 1.82) is 0 Å². The molecule has 0 aliphatic heterocycles. The lowest BCUT2D eigenvalue weighted by Gasteiger charge is -2.20. The first kappa shape index (κ1) is 23.7. The number of hydrogen-bond acceptors (Lipinski definition) is 2. The van der Waals surface area contributed by atoms with Crippen LogP contribution in [0.5, 0.6) is 0 Å². The Labute approximate surface area is 167 Å². The maximum atomic E-state index is 12.6. The van der Waals surface area contributed by atoms with Crippen LogP contribution >= 0.6 is 0 Å². The van der Waals surface area contributed by atoms with Crippen molar-refractivity contribution in [2.45, 2.75) is 97.8 Å². The minimum atomic E-state index is -0.0346. The zero-order valence-electron chi connectivity index (χ0n) is 18.0. The minimum Gasteiger partial charge on any atom is -0.271 e. The Morgan fingerprint density at radius 2 is 1.33 bits per heavy atom. The molecule has 27 heavy (non-hydrogen) atoms. The van der Waals surface area contributed by atoms with Crippen molar-refractivity contribution in [1.82, 2.24) is 5.06 Å². The number of carbonyl (C=O) groups excluding carboxylic acids is 1. The van der Waals surface area contributed by atoms with Crippen molar-refractivity contribution < 1.29 is 9.63 Å². The van der Waals surface area contributed by atoms with Crippen molar-refractivity contribution in [3.63, 3.8) is 0 Å². The molecule has 0 spiro atoms. The van der Waals surface area contributed by atoms with Crippen LogP contribution in [0.15, 0.2) is 24.3 Å². The average molecular weight is 376 g/mol. The van der Waals surface area contributed by atoms with E-state index in [4.69, 9.17) is 4.84 Å². The fraction of sp³-hybridized carbons (Fsp3) is 0.708. The van der Waals surface area contributed by atoms with Gasteiger partial charge in [-0.2, -0.15) is 0 Å². The highest BCUT2D eigenvalue weighted by Crippen LogP contribution is 2.13. The van der Waals surface area contributed by atoms with Gasteiger partial charge in [-0.05, 0) is 43.9 Å². The zero-order chi connectivity index (χ0) is 19.7. The van der Waals surface area contributed by atoms with Crippen LogP contribution in [0.3, 0.4) is 0 Å². The van der Waals surface area contributed by atoms with Gasteiger partial charge in [-0.25, -0.2) is 5.06 Å². The van der Waals surface area contributed by atoms with E-state index in [-0.39, 0.29) is 5.91 Å². The number of aryl methyl sites for hydroxylation is 1. The number of hydrogen-bond donors (Lipinski definition) is 0. The molecule has 0 unspecified atom stereocenters. The first-order valence-corrected chi connectivity index (χ1v) is 11.3. The van der Waals surface area contributed by atoms with E-state index in [1.54, 1.807) is 0 Å². The number of amides is 1. The van der Waals surface area contributed by atoms with Gasteiger partial charge in [-0.3, -0.25) is 9.63 Å². The molecule has 1 aromatic carbocycles. The molecule has 0 saturated heterocycles. The zero-order valence-corrected chi connectivity index (χ0v) is 18.0. The summed E-state index contributed by atoms with van der Waals surface area (Å²) in [5.74, 6) is -0.0346. The lowest BCUT2D eigenvalue weighted by Crippen LogP contribution is -2.31. The fourth-order valence-electron chi connectivity index (χ4n) is 3.24. The van der Waals surface area contributed by atoms with Crippen molar-refractivity contribution >= 4 is 5.91 Å². The standard InChI is InChI=1S/C24H41NO2/c1-4-7-9-10-11-12-13-14-16-22-17-19-23(20-18-22)24(26)25(6-3)27-21-15-8-5-2/h17-20H,4-16,21H2,1-3H3. The summed E-state index contributed by atoms with van der Waals surface area (Å²) < 4.78 is 0. The number of rotatable bonds is 16. The predicted octanol–water partition coefficient (Wildman–Crippen LogP) is 6.95. The van der Waals surface area contributed by atoms with Crippen LogP contribution in [0.4, 0.5) is 0 Å². The van der Waals surface area contributed by atoms with E-state index < -0.39 is 0 Å². The van der Waals surface area contributed by atoms with E-state index in [9.17, 15) is 4.79 Å². The third-order valence-corrected chi connectivity index (χ3v) is 5.03. The fourth-order valence-corrected chi connectivity index (χ4v) is 3.24. The number of benzene rings is 1. The molecule has 0 aliphatic rings. The monoisotopic (exact) mass is 375 g/mol. The molecular formula is C24H41NO2. The van der Waals surface area contributed by atoms with Gasteiger partial charge < -0.3 is 0 Å². The van der Waals surface area contributed by atoms with Crippen molar-refractivity contribution in [3.05, 3.63) is 35.4 Å². The Morgan fingerprint density at radius 1 is 0.778 bits per heavy atom. The minimum absolute atomic E-state index is 0.0346. The summed E-state index contributed by atoms with van der Waals surface area (Å²) in [6.07, 6.45) is 15.1. The van der Waals surface area contributed by atoms with Gasteiger partial charge in [0.1, 0.15) is 0 Å². The second kappa shape index (κ2) is 15.7. The topological polar surface area (TPSA) is 29.5 Å². The molecule has 0 bridgehead atoms. The van der Waals surface area contributed by atoms with Gasteiger partial charge >= 0.3 is 0 Å². The van der Waals surface area contributed by atoms with Gasteiger partial charge in [0.15, 0.2) is 0 Å². The van der Waals surface area contributed by atoms with Gasteiger partial charge in [-0.15, -0.1) is 0 Å². The highest BCUT2D eigenvalue weighted by atomic mass is 16.7. The number of unbranched alkanes of at least 4 members (excludes halogenated alkanes) is 9. The summed E-state index contributed by atoms with van der Waals surface area (Å²) in [5, 5.41) is 1.49. The number of nitrogens with zero attached hydrogens (tertiary/aromatic N) is 1. The highest BCUT2D eigenvalue weighted by Gasteiger charge is 2.14. The third-order valence-electron chi connectivity index (χ3n) is 5.03. The molecule has 0 saturated carbocycles. The van der Waals surface area contributed by atoms with E-state index in [1.807, 2.05) is 19.1 Å². The quantitative estimate of drug-likeness (QED) is 0.231. The van der Waals surface area contributed by atoms with Crippen LogP contribution in [0.2, 0.25) is 0 Å². The van der Waals surface area contributed by atoms with Gasteiger partial charge in [0.05, 0.1) is 6.61 Å². The van der Waals surface area contributed by atoms with E-state index in [0.29, 0.717) is 18.7 Å². The smallest absolute Gasteiger partial charge is 0.271 e. The SMILES string of the molecule is CCCCCCCCCCc1ccc(C(=O)N(CC)OCCCCC)cc1. The van der Waals surface area contributed by atoms with Crippen LogP contribution in [-0.4, -0.2) is 24.1 Å². The molecule has 1 amide bonds. The Morgan fingerprint density at radius 3 is 1.93 bits per heavy atom.